The number of halogens is 2. The minimum absolute atomic E-state index is 0.685. The highest BCUT2D eigenvalue weighted by Crippen LogP contribution is 2.18. The number of hydrogen-bond donors (Lipinski definition) is 2. The Morgan fingerprint density at radius 2 is 1.93 bits per heavy atom. The molecule has 74 valence electrons. The molecule has 1 aromatic rings. The number of rotatable bonds is 2. The van der Waals surface area contributed by atoms with E-state index < -0.39 is 6.03 Å². The number of benzene rings is 1. The molecule has 2 amide bonds. The standard InChI is InChI=1S/C8H7Br2N3O/c9-6-1-5(2-7(10)3-6)4-12-13-8(11)14/h1-4H,(H3,11,13,14)/b12-4+. The van der Waals surface area contributed by atoms with Gasteiger partial charge in [0.05, 0.1) is 6.21 Å². The fourth-order valence-corrected chi connectivity index (χ4v) is 2.15. The lowest BCUT2D eigenvalue weighted by Gasteiger charge is -1.97. The van der Waals surface area contributed by atoms with Crippen molar-refractivity contribution < 1.29 is 4.79 Å². The Bertz CT molecular complexity index is 359. The van der Waals surface area contributed by atoms with E-state index in [1.165, 1.54) is 6.21 Å². The first-order valence-electron chi connectivity index (χ1n) is 3.62. The highest BCUT2D eigenvalue weighted by molar-refractivity contribution is 9.11. The number of nitrogens with two attached hydrogens (primary N) is 1. The van der Waals surface area contributed by atoms with E-state index in [-0.39, 0.29) is 0 Å². The molecule has 0 aliphatic rings. The molecular formula is C8H7Br2N3O. The van der Waals surface area contributed by atoms with Gasteiger partial charge >= 0.3 is 6.03 Å². The molecule has 0 aliphatic heterocycles. The summed E-state index contributed by atoms with van der Waals surface area (Å²) in [6.07, 6.45) is 1.50. The van der Waals surface area contributed by atoms with Crippen LogP contribution >= 0.6 is 31.9 Å². The molecular weight excluding hydrogens is 314 g/mol. The predicted molar refractivity (Wildman–Crippen MR) is 62.2 cm³/mol. The Kier molecular flexibility index (Phi) is 4.09. The minimum Gasteiger partial charge on any atom is -0.350 e. The molecule has 0 saturated carbocycles. The lowest BCUT2D eigenvalue weighted by Crippen LogP contribution is -2.24. The smallest absolute Gasteiger partial charge is 0.332 e. The number of primary amides is 1. The molecule has 0 atom stereocenters. The van der Waals surface area contributed by atoms with E-state index in [0.717, 1.165) is 14.5 Å². The van der Waals surface area contributed by atoms with Crippen LogP contribution in [-0.4, -0.2) is 12.2 Å². The van der Waals surface area contributed by atoms with Gasteiger partial charge in [-0.15, -0.1) is 0 Å². The van der Waals surface area contributed by atoms with Crippen molar-refractivity contribution in [1.82, 2.24) is 5.43 Å². The van der Waals surface area contributed by atoms with Crippen molar-refractivity contribution in [1.29, 1.82) is 0 Å². The summed E-state index contributed by atoms with van der Waals surface area (Å²) >= 11 is 6.66. The van der Waals surface area contributed by atoms with Gasteiger partial charge in [0.2, 0.25) is 0 Å². The predicted octanol–water partition coefficient (Wildman–Crippen LogP) is 2.21. The van der Waals surface area contributed by atoms with E-state index in [1.807, 2.05) is 18.2 Å². The van der Waals surface area contributed by atoms with Crippen LogP contribution in [0.5, 0.6) is 0 Å². The number of urea groups is 1. The molecule has 1 aromatic carbocycles. The van der Waals surface area contributed by atoms with Crippen molar-refractivity contribution in [2.24, 2.45) is 10.8 Å². The molecule has 0 unspecified atom stereocenters. The van der Waals surface area contributed by atoms with Crippen molar-refractivity contribution in [3.05, 3.63) is 32.7 Å². The summed E-state index contributed by atoms with van der Waals surface area (Å²) in [5.74, 6) is 0. The van der Waals surface area contributed by atoms with Gasteiger partial charge in [-0.2, -0.15) is 5.10 Å². The fourth-order valence-electron chi connectivity index (χ4n) is 0.820. The molecule has 0 saturated heterocycles. The Labute approximate surface area is 97.8 Å². The molecule has 6 heteroatoms. The van der Waals surface area contributed by atoms with Crippen LogP contribution in [0, 0.1) is 0 Å². The van der Waals surface area contributed by atoms with Crippen LogP contribution in [-0.2, 0) is 0 Å². The largest absolute Gasteiger partial charge is 0.350 e. The maximum atomic E-state index is 10.3. The summed E-state index contributed by atoms with van der Waals surface area (Å²) in [7, 11) is 0. The third kappa shape index (κ3) is 3.89. The first-order valence-corrected chi connectivity index (χ1v) is 5.21. The second-order valence-corrected chi connectivity index (χ2v) is 4.27. The number of hydrogen-bond acceptors (Lipinski definition) is 2. The van der Waals surface area contributed by atoms with Crippen molar-refractivity contribution >= 4 is 44.1 Å². The van der Waals surface area contributed by atoms with Gasteiger partial charge in [-0.1, -0.05) is 31.9 Å². The van der Waals surface area contributed by atoms with E-state index >= 15 is 0 Å². The number of hydrazone groups is 1. The van der Waals surface area contributed by atoms with E-state index in [1.54, 1.807) is 0 Å². The van der Waals surface area contributed by atoms with Crippen LogP contribution < -0.4 is 11.2 Å². The minimum atomic E-state index is -0.685. The van der Waals surface area contributed by atoms with Crippen LogP contribution in [0.25, 0.3) is 0 Å². The summed E-state index contributed by atoms with van der Waals surface area (Å²) in [4.78, 5) is 10.3. The zero-order valence-corrected chi connectivity index (χ0v) is 10.2. The second-order valence-electron chi connectivity index (χ2n) is 2.44. The van der Waals surface area contributed by atoms with Gasteiger partial charge in [0, 0.05) is 8.95 Å². The fraction of sp³-hybridized carbons (Fsp3) is 0. The third-order valence-electron chi connectivity index (χ3n) is 1.27. The summed E-state index contributed by atoms with van der Waals surface area (Å²) in [6.45, 7) is 0. The monoisotopic (exact) mass is 319 g/mol. The third-order valence-corrected chi connectivity index (χ3v) is 2.19. The number of nitrogens with zero attached hydrogens (tertiary/aromatic N) is 1. The second kappa shape index (κ2) is 5.11. The van der Waals surface area contributed by atoms with Gasteiger partial charge in [-0.3, -0.25) is 0 Å². The molecule has 1 rings (SSSR count). The number of amides is 2. The van der Waals surface area contributed by atoms with Crippen molar-refractivity contribution in [3.8, 4) is 0 Å². The molecule has 0 fully saturated rings. The maximum absolute atomic E-state index is 10.3. The Morgan fingerprint density at radius 1 is 1.36 bits per heavy atom. The average molecular weight is 321 g/mol. The SMILES string of the molecule is NC(=O)N/N=C/c1cc(Br)cc(Br)c1. The maximum Gasteiger partial charge on any atom is 0.332 e. The van der Waals surface area contributed by atoms with Gasteiger partial charge in [0.1, 0.15) is 0 Å². The van der Waals surface area contributed by atoms with Crippen molar-refractivity contribution in [3.63, 3.8) is 0 Å². The zero-order chi connectivity index (χ0) is 10.6. The van der Waals surface area contributed by atoms with Crippen LogP contribution in [0.15, 0.2) is 32.2 Å². The van der Waals surface area contributed by atoms with Crippen molar-refractivity contribution in [2.75, 3.05) is 0 Å². The molecule has 4 nitrogen and oxygen atoms in total. The van der Waals surface area contributed by atoms with Crippen LogP contribution in [0.4, 0.5) is 4.79 Å². The number of carbonyl (C=O) groups is 1. The van der Waals surface area contributed by atoms with Gasteiger partial charge < -0.3 is 5.73 Å². The highest BCUT2D eigenvalue weighted by Gasteiger charge is 1.94. The van der Waals surface area contributed by atoms with Gasteiger partial charge in [-0.25, -0.2) is 10.2 Å². The molecule has 0 spiro atoms. The Morgan fingerprint density at radius 3 is 2.43 bits per heavy atom. The normalized spacial score (nSPS) is 10.4. The van der Waals surface area contributed by atoms with E-state index in [4.69, 9.17) is 5.73 Å². The highest BCUT2D eigenvalue weighted by atomic mass is 79.9. The average Bonchev–Trinajstić information content (AvgIpc) is 2.01. The quantitative estimate of drug-likeness (QED) is 0.636. The molecule has 0 aliphatic carbocycles. The number of nitrogens with one attached hydrogen (secondary N) is 1. The Hall–Kier alpha value is -0.880. The van der Waals surface area contributed by atoms with E-state index in [9.17, 15) is 4.79 Å². The molecule has 3 N–H and O–H groups in total. The van der Waals surface area contributed by atoms with Gasteiger partial charge in [-0.05, 0) is 23.8 Å². The van der Waals surface area contributed by atoms with Crippen LogP contribution in [0.1, 0.15) is 5.56 Å². The summed E-state index contributed by atoms with van der Waals surface area (Å²) in [5, 5.41) is 3.63. The van der Waals surface area contributed by atoms with Gasteiger partial charge in [0.25, 0.3) is 0 Å². The molecule has 0 radical (unpaired) electrons. The Balaban J connectivity index is 2.76. The molecule has 0 heterocycles. The van der Waals surface area contributed by atoms with Crippen molar-refractivity contribution in [2.45, 2.75) is 0 Å². The van der Waals surface area contributed by atoms with Gasteiger partial charge in [0.15, 0.2) is 0 Å². The first-order chi connectivity index (χ1) is 6.58. The molecule has 0 bridgehead atoms. The number of carbonyl (C=O) groups excluding carboxylic acids is 1. The summed E-state index contributed by atoms with van der Waals surface area (Å²) in [5.41, 5.74) is 7.79. The first kappa shape index (κ1) is 11.2. The zero-order valence-electron chi connectivity index (χ0n) is 7.00. The van der Waals surface area contributed by atoms with Crippen LogP contribution in [0.3, 0.4) is 0 Å². The lowest BCUT2D eigenvalue weighted by molar-refractivity contribution is 0.249. The lowest BCUT2D eigenvalue weighted by atomic mass is 10.2. The summed E-state index contributed by atoms with van der Waals surface area (Å²) < 4.78 is 1.85. The summed E-state index contributed by atoms with van der Waals surface area (Å²) in [6, 6.07) is 4.93. The molecule has 0 aromatic heterocycles. The topological polar surface area (TPSA) is 67.5 Å². The van der Waals surface area contributed by atoms with E-state index in [0.29, 0.717) is 0 Å². The molecule has 14 heavy (non-hydrogen) atoms. The van der Waals surface area contributed by atoms with E-state index in [2.05, 4.69) is 42.4 Å². The van der Waals surface area contributed by atoms with Crippen LogP contribution in [0.2, 0.25) is 0 Å².